The maximum atomic E-state index is 13.1. The van der Waals surface area contributed by atoms with Gasteiger partial charge in [-0.25, -0.2) is 4.39 Å². The van der Waals surface area contributed by atoms with E-state index in [9.17, 15) is 9.18 Å². The van der Waals surface area contributed by atoms with E-state index in [0.29, 0.717) is 19.0 Å². The summed E-state index contributed by atoms with van der Waals surface area (Å²) in [6, 6.07) is 12.8. The van der Waals surface area contributed by atoms with Crippen molar-refractivity contribution in [1.29, 1.82) is 0 Å². The van der Waals surface area contributed by atoms with E-state index in [0.717, 1.165) is 72.5 Å². The number of halogens is 2. The minimum absolute atomic E-state index is 0.0344. The third-order valence-corrected chi connectivity index (χ3v) is 7.07. The Labute approximate surface area is 211 Å². The van der Waals surface area contributed by atoms with Gasteiger partial charge in [-0.3, -0.25) is 9.69 Å². The van der Waals surface area contributed by atoms with Crippen LogP contribution < -0.4 is 4.74 Å². The fraction of sp³-hybridized carbons (Fsp3) is 0.393. The minimum Gasteiger partial charge on any atom is -0.497 e. The molecule has 7 heteroatoms. The fourth-order valence-electron chi connectivity index (χ4n) is 4.72. The molecule has 1 aliphatic rings. The van der Waals surface area contributed by atoms with Crippen LogP contribution in [0.5, 0.6) is 5.75 Å². The number of fused-ring (bicyclic) bond motifs is 1. The molecule has 5 nitrogen and oxygen atoms in total. The predicted molar refractivity (Wildman–Crippen MR) is 141 cm³/mol. The van der Waals surface area contributed by atoms with Crippen molar-refractivity contribution in [3.05, 3.63) is 71.2 Å². The van der Waals surface area contributed by atoms with Gasteiger partial charge in [0.1, 0.15) is 11.6 Å². The van der Waals surface area contributed by atoms with Crippen molar-refractivity contribution in [3.63, 3.8) is 0 Å². The summed E-state index contributed by atoms with van der Waals surface area (Å²) in [5.74, 6) is 1.23. The molecule has 0 unspecified atom stereocenters. The largest absolute Gasteiger partial charge is 0.497 e. The van der Waals surface area contributed by atoms with E-state index in [2.05, 4.69) is 22.5 Å². The van der Waals surface area contributed by atoms with Crippen LogP contribution in [0.25, 0.3) is 17.0 Å². The lowest BCUT2D eigenvalue weighted by Crippen LogP contribution is -2.48. The highest BCUT2D eigenvalue weighted by molar-refractivity contribution is 6.17. The van der Waals surface area contributed by atoms with Crippen LogP contribution >= 0.6 is 11.6 Å². The smallest absolute Gasteiger partial charge is 0.246 e. The number of carbonyl (C=O) groups excluding carboxylic acids is 1. The van der Waals surface area contributed by atoms with Crippen LogP contribution in [-0.2, 0) is 17.8 Å². The first-order chi connectivity index (χ1) is 17.0. The fourth-order valence-corrected chi connectivity index (χ4v) is 4.84. The van der Waals surface area contributed by atoms with E-state index in [1.807, 2.05) is 35.2 Å². The Morgan fingerprint density at radius 1 is 1.09 bits per heavy atom. The van der Waals surface area contributed by atoms with Crippen LogP contribution in [-0.4, -0.2) is 66.0 Å². The van der Waals surface area contributed by atoms with Crippen molar-refractivity contribution >= 4 is 34.5 Å². The van der Waals surface area contributed by atoms with Crippen LogP contribution in [0.4, 0.5) is 4.39 Å². The number of aromatic nitrogens is 1. The molecule has 4 rings (SSSR count). The number of amides is 1. The van der Waals surface area contributed by atoms with Gasteiger partial charge < -0.3 is 14.2 Å². The highest BCUT2D eigenvalue weighted by Gasteiger charge is 2.20. The van der Waals surface area contributed by atoms with Crippen molar-refractivity contribution in [2.24, 2.45) is 0 Å². The molecular weight excluding hydrogens is 465 g/mol. The van der Waals surface area contributed by atoms with Gasteiger partial charge in [-0.1, -0.05) is 12.1 Å². The van der Waals surface area contributed by atoms with E-state index in [1.165, 1.54) is 12.1 Å². The molecule has 0 saturated carbocycles. The zero-order valence-electron chi connectivity index (χ0n) is 20.5. The van der Waals surface area contributed by atoms with E-state index < -0.39 is 0 Å². The summed E-state index contributed by atoms with van der Waals surface area (Å²) < 4.78 is 20.8. The summed E-state index contributed by atoms with van der Waals surface area (Å²) >= 11 is 5.95. The van der Waals surface area contributed by atoms with Crippen LogP contribution in [0, 0.1) is 12.7 Å². The normalized spacial score (nSPS) is 14.8. The van der Waals surface area contributed by atoms with Crippen molar-refractivity contribution in [1.82, 2.24) is 14.4 Å². The Balaban J connectivity index is 1.40. The standard InChI is InChI=1S/C28H33ClFN3O2/c1-21-25(26-20-24(35-2)8-10-27(26)33(21)14-3-13-29)9-11-28(34)32-18-16-31(17-19-32)15-12-22-4-6-23(30)7-5-22/h4-11,20H,3,12-19H2,1-2H3. The molecule has 3 aromatic rings. The van der Waals surface area contributed by atoms with Crippen molar-refractivity contribution in [3.8, 4) is 5.75 Å². The zero-order valence-corrected chi connectivity index (χ0v) is 21.2. The van der Waals surface area contributed by atoms with Gasteiger partial charge in [0.05, 0.1) is 7.11 Å². The average molecular weight is 498 g/mol. The van der Waals surface area contributed by atoms with Gasteiger partial charge in [0.25, 0.3) is 0 Å². The molecule has 0 N–H and O–H groups in total. The average Bonchev–Trinajstić information content (AvgIpc) is 3.15. The number of alkyl halides is 1. The molecule has 35 heavy (non-hydrogen) atoms. The van der Waals surface area contributed by atoms with Crippen molar-refractivity contribution in [2.45, 2.75) is 26.3 Å². The molecular formula is C28H33ClFN3O2. The Kier molecular flexibility index (Phi) is 8.47. The third-order valence-electron chi connectivity index (χ3n) is 6.80. The number of aryl methyl sites for hydroxylation is 1. The Bertz CT molecular complexity index is 1180. The maximum absolute atomic E-state index is 13.1. The summed E-state index contributed by atoms with van der Waals surface area (Å²) in [6.45, 7) is 6.92. The predicted octanol–water partition coefficient (Wildman–Crippen LogP) is 5.13. The lowest BCUT2D eigenvalue weighted by atomic mass is 10.1. The Morgan fingerprint density at radius 2 is 1.83 bits per heavy atom. The topological polar surface area (TPSA) is 37.7 Å². The number of hydrogen-bond acceptors (Lipinski definition) is 3. The van der Waals surface area contributed by atoms with Gasteiger partial charge in [-0.05, 0) is 61.7 Å². The summed E-state index contributed by atoms with van der Waals surface area (Å²) in [5.41, 5.74) is 4.41. The van der Waals surface area contributed by atoms with Crippen LogP contribution in [0.1, 0.15) is 23.2 Å². The first-order valence-electron chi connectivity index (χ1n) is 12.2. The highest BCUT2D eigenvalue weighted by Crippen LogP contribution is 2.30. The molecule has 0 atom stereocenters. The molecule has 1 saturated heterocycles. The first-order valence-corrected chi connectivity index (χ1v) is 12.7. The molecule has 1 fully saturated rings. The van der Waals surface area contributed by atoms with E-state index in [-0.39, 0.29) is 11.7 Å². The number of piperazine rings is 1. The monoisotopic (exact) mass is 497 g/mol. The van der Waals surface area contributed by atoms with Crippen LogP contribution in [0.3, 0.4) is 0 Å². The molecule has 1 amide bonds. The maximum Gasteiger partial charge on any atom is 0.246 e. The van der Waals surface area contributed by atoms with E-state index >= 15 is 0 Å². The van der Waals surface area contributed by atoms with Gasteiger partial charge in [-0.15, -0.1) is 11.6 Å². The Morgan fingerprint density at radius 3 is 2.51 bits per heavy atom. The number of ether oxygens (including phenoxy) is 1. The van der Waals surface area contributed by atoms with E-state index in [4.69, 9.17) is 16.3 Å². The van der Waals surface area contributed by atoms with Crippen molar-refractivity contribution < 1.29 is 13.9 Å². The number of carbonyl (C=O) groups is 1. The molecule has 186 valence electrons. The molecule has 2 aromatic carbocycles. The Hall–Kier alpha value is -2.83. The number of nitrogens with zero attached hydrogens (tertiary/aromatic N) is 3. The SMILES string of the molecule is COc1ccc2c(c1)c(C=CC(=O)N1CCN(CCc3ccc(F)cc3)CC1)c(C)n2CCCCl. The second-order valence-corrected chi connectivity index (χ2v) is 9.33. The van der Waals surface area contributed by atoms with Gasteiger partial charge in [0.2, 0.25) is 5.91 Å². The second kappa shape index (κ2) is 11.7. The molecule has 0 aliphatic carbocycles. The number of hydrogen-bond donors (Lipinski definition) is 0. The number of methoxy groups -OCH3 is 1. The van der Waals surface area contributed by atoms with Crippen molar-refractivity contribution in [2.75, 3.05) is 45.7 Å². The summed E-state index contributed by atoms with van der Waals surface area (Å²) in [7, 11) is 1.66. The molecule has 0 spiro atoms. The lowest BCUT2D eigenvalue weighted by molar-refractivity contribution is -0.127. The zero-order chi connectivity index (χ0) is 24.8. The minimum atomic E-state index is -0.205. The molecule has 0 radical (unpaired) electrons. The summed E-state index contributed by atoms with van der Waals surface area (Å²) in [5, 5.41) is 1.08. The molecule has 0 bridgehead atoms. The highest BCUT2D eigenvalue weighted by atomic mass is 35.5. The molecule has 1 aliphatic heterocycles. The quantitative estimate of drug-likeness (QED) is 0.304. The molecule has 2 heterocycles. The van der Waals surface area contributed by atoms with E-state index in [1.54, 1.807) is 13.2 Å². The lowest BCUT2D eigenvalue weighted by Gasteiger charge is -2.34. The van der Waals surface area contributed by atoms with Gasteiger partial charge in [0.15, 0.2) is 0 Å². The second-order valence-electron chi connectivity index (χ2n) is 8.95. The van der Waals surface area contributed by atoms with Crippen LogP contribution in [0.15, 0.2) is 48.5 Å². The number of rotatable bonds is 9. The van der Waals surface area contributed by atoms with Gasteiger partial charge in [-0.2, -0.15) is 0 Å². The summed E-state index contributed by atoms with van der Waals surface area (Å²) in [4.78, 5) is 17.2. The third kappa shape index (κ3) is 6.06. The van der Waals surface area contributed by atoms with Gasteiger partial charge >= 0.3 is 0 Å². The first kappa shape index (κ1) is 25.3. The van der Waals surface area contributed by atoms with Crippen LogP contribution in [0.2, 0.25) is 0 Å². The number of benzene rings is 2. The summed E-state index contributed by atoms with van der Waals surface area (Å²) in [6.07, 6.45) is 5.40. The molecule has 1 aromatic heterocycles. The van der Waals surface area contributed by atoms with Gasteiger partial charge in [0, 0.05) is 73.4 Å².